The topological polar surface area (TPSA) is 34.4 Å². The lowest BCUT2D eigenvalue weighted by Gasteiger charge is -2.02. The summed E-state index contributed by atoms with van der Waals surface area (Å²) >= 11 is 4.99. The van der Waals surface area contributed by atoms with Crippen molar-refractivity contribution in [1.29, 1.82) is 0 Å². The fourth-order valence-electron chi connectivity index (χ4n) is 1.92. The number of rotatable bonds is 2. The highest BCUT2D eigenvalue weighted by Crippen LogP contribution is 2.28. The molecule has 3 aromatic rings. The monoisotopic (exact) mass is 320 g/mol. The third-order valence-electron chi connectivity index (χ3n) is 2.84. The number of aldehydes is 1. The molecule has 2 aromatic heterocycles. The first-order valence-corrected chi connectivity index (χ1v) is 7.05. The van der Waals surface area contributed by atoms with Crippen LogP contribution in [-0.4, -0.2) is 15.7 Å². The van der Waals surface area contributed by atoms with Gasteiger partial charge in [-0.05, 0) is 24.6 Å². The van der Waals surface area contributed by atoms with E-state index in [1.165, 1.54) is 11.3 Å². The number of hydrogen-bond acceptors (Lipinski definition) is 3. The fourth-order valence-corrected chi connectivity index (χ4v) is 2.89. The predicted molar refractivity (Wildman–Crippen MR) is 76.3 cm³/mol. The van der Waals surface area contributed by atoms with E-state index in [4.69, 9.17) is 0 Å². The Morgan fingerprint density at radius 1 is 1.44 bits per heavy atom. The van der Waals surface area contributed by atoms with Crippen molar-refractivity contribution in [3.63, 3.8) is 0 Å². The van der Waals surface area contributed by atoms with Crippen molar-refractivity contribution < 1.29 is 4.79 Å². The zero-order valence-electron chi connectivity index (χ0n) is 9.55. The molecule has 5 heteroatoms. The molecule has 0 saturated carbocycles. The quantitative estimate of drug-likeness (QED) is 0.670. The molecule has 0 atom stereocenters. The fraction of sp³-hybridized carbons (Fsp3) is 0.0769. The minimum absolute atomic E-state index is 0.605. The maximum absolute atomic E-state index is 11.3. The Labute approximate surface area is 116 Å². The van der Waals surface area contributed by atoms with E-state index in [1.54, 1.807) is 0 Å². The van der Waals surface area contributed by atoms with Crippen molar-refractivity contribution in [3.8, 4) is 11.3 Å². The summed E-state index contributed by atoms with van der Waals surface area (Å²) < 4.78 is 2.88. The van der Waals surface area contributed by atoms with Crippen LogP contribution in [0.2, 0.25) is 0 Å². The Morgan fingerprint density at radius 2 is 2.28 bits per heavy atom. The van der Waals surface area contributed by atoms with Crippen LogP contribution in [0, 0.1) is 6.92 Å². The van der Waals surface area contributed by atoms with E-state index in [1.807, 2.05) is 41.1 Å². The summed E-state index contributed by atoms with van der Waals surface area (Å²) in [6.45, 7) is 2.02. The molecule has 0 spiro atoms. The van der Waals surface area contributed by atoms with Gasteiger partial charge in [0.05, 0.1) is 0 Å². The van der Waals surface area contributed by atoms with Crippen LogP contribution in [0.1, 0.15) is 16.1 Å². The van der Waals surface area contributed by atoms with Crippen LogP contribution in [0.3, 0.4) is 0 Å². The summed E-state index contributed by atoms with van der Waals surface area (Å²) in [5, 5.41) is 1.92. The van der Waals surface area contributed by atoms with Gasteiger partial charge >= 0.3 is 0 Å². The lowest BCUT2D eigenvalue weighted by molar-refractivity contribution is 0.111. The Balaban J connectivity index is 2.26. The molecule has 0 fully saturated rings. The van der Waals surface area contributed by atoms with E-state index in [0.29, 0.717) is 5.69 Å². The summed E-state index contributed by atoms with van der Waals surface area (Å²) in [4.78, 5) is 16.6. The van der Waals surface area contributed by atoms with Gasteiger partial charge in [-0.3, -0.25) is 9.20 Å². The van der Waals surface area contributed by atoms with Crippen molar-refractivity contribution in [2.24, 2.45) is 0 Å². The SMILES string of the molecule is Cc1cc(-c2nc3sccn3c2C=O)ccc1Br. The van der Waals surface area contributed by atoms with Crippen LogP contribution >= 0.6 is 27.3 Å². The average Bonchev–Trinajstić information content (AvgIpc) is 2.92. The van der Waals surface area contributed by atoms with E-state index in [-0.39, 0.29) is 0 Å². The molecular weight excluding hydrogens is 312 g/mol. The van der Waals surface area contributed by atoms with E-state index in [2.05, 4.69) is 20.9 Å². The minimum Gasteiger partial charge on any atom is -0.296 e. The highest BCUT2D eigenvalue weighted by Gasteiger charge is 2.14. The zero-order chi connectivity index (χ0) is 12.7. The van der Waals surface area contributed by atoms with Gasteiger partial charge in [0.1, 0.15) is 11.4 Å². The summed E-state index contributed by atoms with van der Waals surface area (Å²) in [5.41, 5.74) is 3.44. The van der Waals surface area contributed by atoms with Crippen molar-refractivity contribution in [2.45, 2.75) is 6.92 Å². The molecule has 0 radical (unpaired) electrons. The number of fused-ring (bicyclic) bond motifs is 1. The molecule has 0 aliphatic carbocycles. The molecule has 90 valence electrons. The van der Waals surface area contributed by atoms with Crippen molar-refractivity contribution in [1.82, 2.24) is 9.38 Å². The zero-order valence-corrected chi connectivity index (χ0v) is 12.0. The summed E-state index contributed by atoms with van der Waals surface area (Å²) in [5.74, 6) is 0. The number of aryl methyl sites for hydroxylation is 1. The second kappa shape index (κ2) is 4.33. The molecule has 0 saturated heterocycles. The molecule has 3 rings (SSSR count). The minimum atomic E-state index is 0.605. The van der Waals surface area contributed by atoms with Gasteiger partial charge in [-0.25, -0.2) is 4.98 Å². The Bertz CT molecular complexity index is 745. The molecule has 0 amide bonds. The Morgan fingerprint density at radius 3 is 3.00 bits per heavy atom. The number of carbonyl (C=O) groups is 1. The number of imidazole rings is 1. The smallest absolute Gasteiger partial charge is 0.194 e. The Hall–Kier alpha value is -1.46. The van der Waals surface area contributed by atoms with Gasteiger partial charge in [-0.2, -0.15) is 0 Å². The van der Waals surface area contributed by atoms with Crippen LogP contribution in [0.4, 0.5) is 0 Å². The molecule has 18 heavy (non-hydrogen) atoms. The van der Waals surface area contributed by atoms with Crippen molar-refractivity contribution in [2.75, 3.05) is 0 Å². The number of carbonyl (C=O) groups excluding carboxylic acids is 1. The first-order chi connectivity index (χ1) is 8.70. The summed E-state index contributed by atoms with van der Waals surface area (Å²) in [7, 11) is 0. The molecule has 0 aliphatic rings. The van der Waals surface area contributed by atoms with Crippen LogP contribution in [0.15, 0.2) is 34.2 Å². The van der Waals surface area contributed by atoms with Gasteiger partial charge in [0.25, 0.3) is 0 Å². The first-order valence-electron chi connectivity index (χ1n) is 5.38. The molecule has 2 heterocycles. The van der Waals surface area contributed by atoms with Crippen LogP contribution in [0.25, 0.3) is 16.2 Å². The molecular formula is C13H9BrN2OS. The maximum Gasteiger partial charge on any atom is 0.194 e. The van der Waals surface area contributed by atoms with Gasteiger partial charge in [0.15, 0.2) is 11.2 Å². The second-order valence-corrected chi connectivity index (χ2v) is 5.71. The largest absolute Gasteiger partial charge is 0.296 e. The predicted octanol–water partition coefficient (Wildman–Crippen LogP) is 3.95. The molecule has 1 aromatic carbocycles. The normalized spacial score (nSPS) is 11.0. The number of aromatic nitrogens is 2. The molecule has 0 N–H and O–H groups in total. The lowest BCUT2D eigenvalue weighted by atomic mass is 10.1. The van der Waals surface area contributed by atoms with Gasteiger partial charge in [-0.1, -0.05) is 22.0 Å². The van der Waals surface area contributed by atoms with Crippen molar-refractivity contribution >= 4 is 38.5 Å². The summed E-state index contributed by atoms with van der Waals surface area (Å²) in [6.07, 6.45) is 2.73. The van der Waals surface area contributed by atoms with E-state index in [9.17, 15) is 4.79 Å². The maximum atomic E-state index is 11.3. The summed E-state index contributed by atoms with van der Waals surface area (Å²) in [6, 6.07) is 5.98. The van der Waals surface area contributed by atoms with Gasteiger partial charge in [-0.15, -0.1) is 11.3 Å². The third-order valence-corrected chi connectivity index (χ3v) is 4.49. The number of thiazole rings is 1. The van der Waals surface area contributed by atoms with E-state index in [0.717, 1.165) is 32.5 Å². The molecule has 3 nitrogen and oxygen atoms in total. The second-order valence-electron chi connectivity index (χ2n) is 3.98. The molecule has 0 aliphatic heterocycles. The van der Waals surface area contributed by atoms with Gasteiger partial charge in [0, 0.05) is 21.6 Å². The lowest BCUT2D eigenvalue weighted by Crippen LogP contribution is -1.90. The van der Waals surface area contributed by atoms with Gasteiger partial charge in [0.2, 0.25) is 0 Å². The molecule has 0 bridgehead atoms. The van der Waals surface area contributed by atoms with Crippen LogP contribution < -0.4 is 0 Å². The number of benzene rings is 1. The number of halogens is 1. The van der Waals surface area contributed by atoms with Crippen molar-refractivity contribution in [3.05, 3.63) is 45.5 Å². The van der Waals surface area contributed by atoms with E-state index < -0.39 is 0 Å². The number of nitrogens with zero attached hydrogens (tertiary/aromatic N) is 2. The average molecular weight is 321 g/mol. The van der Waals surface area contributed by atoms with Gasteiger partial charge < -0.3 is 0 Å². The highest BCUT2D eigenvalue weighted by molar-refractivity contribution is 9.10. The standard InChI is InChI=1S/C13H9BrN2OS/c1-8-6-9(2-3-10(8)14)12-11(7-17)16-4-5-18-13(16)15-12/h2-7H,1H3. The first kappa shape index (κ1) is 11.6. The highest BCUT2D eigenvalue weighted by atomic mass is 79.9. The van der Waals surface area contributed by atoms with E-state index >= 15 is 0 Å². The van der Waals surface area contributed by atoms with Crippen LogP contribution in [0.5, 0.6) is 0 Å². The number of hydrogen-bond donors (Lipinski definition) is 0. The van der Waals surface area contributed by atoms with Crippen LogP contribution in [-0.2, 0) is 0 Å². The third kappa shape index (κ3) is 1.71. The molecule has 0 unspecified atom stereocenters. The Kier molecular flexibility index (Phi) is 2.80.